The van der Waals surface area contributed by atoms with Crippen LogP contribution in [0.1, 0.15) is 13.8 Å². The molecule has 0 amide bonds. The van der Waals surface area contributed by atoms with Gasteiger partial charge in [-0.05, 0) is 13.8 Å². The first kappa shape index (κ1) is 8.34. The standard InChI is InChI=1S/C5H11N2O2/c1-5(2,3-8)9-4-7-6/h8H,3-4H2,1-2H3/q+1. The fourth-order valence-corrected chi connectivity index (χ4v) is 0.249. The largest absolute Gasteiger partial charge is 0.411 e. The van der Waals surface area contributed by atoms with Gasteiger partial charge in [-0.15, -0.1) is 0 Å². The highest BCUT2D eigenvalue weighted by molar-refractivity contribution is 4.66. The van der Waals surface area contributed by atoms with Crippen LogP contribution in [0.3, 0.4) is 0 Å². The number of hydrogen-bond acceptors (Lipinski definition) is 3. The molecule has 0 bridgehead atoms. The van der Waals surface area contributed by atoms with Gasteiger partial charge in [-0.3, -0.25) is 4.74 Å². The topological polar surface area (TPSA) is 57.6 Å². The summed E-state index contributed by atoms with van der Waals surface area (Å²) in [5.74, 6) is 0. The van der Waals surface area contributed by atoms with Gasteiger partial charge in [0.15, 0.2) is 0 Å². The van der Waals surface area contributed by atoms with Gasteiger partial charge >= 0.3 is 6.73 Å². The van der Waals surface area contributed by atoms with E-state index < -0.39 is 5.60 Å². The quantitative estimate of drug-likeness (QED) is 0.570. The molecule has 4 nitrogen and oxygen atoms in total. The van der Waals surface area contributed by atoms with Crippen molar-refractivity contribution >= 4 is 0 Å². The molecule has 0 aromatic carbocycles. The van der Waals surface area contributed by atoms with Gasteiger partial charge in [0, 0.05) is 0 Å². The van der Waals surface area contributed by atoms with Gasteiger partial charge in [-0.2, -0.15) is 0 Å². The average molecular weight is 131 g/mol. The molecule has 0 unspecified atom stereocenters. The Labute approximate surface area is 54.1 Å². The van der Waals surface area contributed by atoms with Gasteiger partial charge in [0.05, 0.1) is 12.2 Å². The lowest BCUT2D eigenvalue weighted by molar-refractivity contribution is -0.0418. The van der Waals surface area contributed by atoms with Crippen molar-refractivity contribution in [2.24, 2.45) is 0 Å². The minimum Gasteiger partial charge on any atom is -0.393 e. The Kier molecular flexibility index (Phi) is 3.13. The highest BCUT2D eigenvalue weighted by atomic mass is 16.5. The van der Waals surface area contributed by atoms with E-state index in [0.29, 0.717) is 0 Å². The van der Waals surface area contributed by atoms with E-state index in [1.807, 2.05) is 0 Å². The third-order valence-electron chi connectivity index (χ3n) is 0.894. The molecule has 4 heteroatoms. The Morgan fingerprint density at radius 1 is 1.67 bits per heavy atom. The van der Waals surface area contributed by atoms with Crippen LogP contribution in [0, 0.1) is 5.39 Å². The molecular weight excluding hydrogens is 120 g/mol. The van der Waals surface area contributed by atoms with Gasteiger partial charge in [0.2, 0.25) is 5.39 Å². The highest BCUT2D eigenvalue weighted by Crippen LogP contribution is 2.06. The molecule has 0 aliphatic rings. The van der Waals surface area contributed by atoms with Crippen LogP contribution in [0.2, 0.25) is 0 Å². The van der Waals surface area contributed by atoms with E-state index >= 15 is 0 Å². The third kappa shape index (κ3) is 3.88. The van der Waals surface area contributed by atoms with Crippen molar-refractivity contribution in [2.75, 3.05) is 13.3 Å². The predicted molar refractivity (Wildman–Crippen MR) is 32.2 cm³/mol. The van der Waals surface area contributed by atoms with Gasteiger partial charge in [-0.1, -0.05) is 0 Å². The van der Waals surface area contributed by atoms with Gasteiger partial charge < -0.3 is 5.11 Å². The molecule has 0 aromatic rings. The van der Waals surface area contributed by atoms with Crippen LogP contribution in [-0.4, -0.2) is 24.0 Å². The summed E-state index contributed by atoms with van der Waals surface area (Å²) in [4.78, 5) is 2.74. The van der Waals surface area contributed by atoms with E-state index in [1.165, 1.54) is 0 Å². The fraction of sp³-hybridized carbons (Fsp3) is 1.00. The predicted octanol–water partition coefficient (Wildman–Crippen LogP) is 0.584. The van der Waals surface area contributed by atoms with Crippen molar-refractivity contribution in [1.29, 1.82) is 5.39 Å². The summed E-state index contributed by atoms with van der Waals surface area (Å²) in [6, 6.07) is 0. The summed E-state index contributed by atoms with van der Waals surface area (Å²) in [5, 5.41) is 16.5. The first-order chi connectivity index (χ1) is 4.12. The molecule has 0 fully saturated rings. The molecular formula is C5H11N2O2+. The zero-order chi connectivity index (χ0) is 7.33. The van der Waals surface area contributed by atoms with Crippen molar-refractivity contribution < 1.29 is 9.84 Å². The molecule has 0 saturated carbocycles. The van der Waals surface area contributed by atoms with Crippen LogP contribution in [0.25, 0.3) is 4.98 Å². The van der Waals surface area contributed by atoms with Crippen LogP contribution in [0.5, 0.6) is 0 Å². The monoisotopic (exact) mass is 131 g/mol. The van der Waals surface area contributed by atoms with Crippen LogP contribution < -0.4 is 0 Å². The summed E-state index contributed by atoms with van der Waals surface area (Å²) in [6.45, 7) is 3.24. The molecule has 0 rings (SSSR count). The summed E-state index contributed by atoms with van der Waals surface area (Å²) in [5.41, 5.74) is -0.605. The van der Waals surface area contributed by atoms with E-state index in [9.17, 15) is 0 Å². The first-order valence-electron chi connectivity index (χ1n) is 2.68. The molecule has 0 aromatic heterocycles. The zero-order valence-electron chi connectivity index (χ0n) is 5.66. The number of rotatable bonds is 3. The van der Waals surface area contributed by atoms with Crippen molar-refractivity contribution in [3.8, 4) is 0 Å². The Morgan fingerprint density at radius 2 is 2.22 bits per heavy atom. The van der Waals surface area contributed by atoms with Crippen LogP contribution in [0.15, 0.2) is 0 Å². The number of aliphatic hydroxyl groups is 1. The maximum atomic E-state index is 8.57. The Balaban J connectivity index is 3.48. The molecule has 0 atom stereocenters. The van der Waals surface area contributed by atoms with Crippen LogP contribution >= 0.6 is 0 Å². The van der Waals surface area contributed by atoms with Crippen LogP contribution in [0.4, 0.5) is 0 Å². The maximum absolute atomic E-state index is 8.57. The summed E-state index contributed by atoms with van der Waals surface area (Å²) >= 11 is 0. The molecule has 9 heavy (non-hydrogen) atoms. The van der Waals surface area contributed by atoms with Gasteiger partial charge in [-0.25, -0.2) is 0 Å². The van der Waals surface area contributed by atoms with Gasteiger partial charge in [0.25, 0.3) is 0 Å². The van der Waals surface area contributed by atoms with Crippen molar-refractivity contribution in [3.05, 3.63) is 4.98 Å². The lowest BCUT2D eigenvalue weighted by Gasteiger charge is -2.16. The number of ether oxygens (including phenoxy) is 1. The molecule has 0 saturated heterocycles. The second kappa shape index (κ2) is 3.38. The van der Waals surface area contributed by atoms with Crippen molar-refractivity contribution in [3.63, 3.8) is 0 Å². The number of diazo groups is 1. The molecule has 0 aliphatic carbocycles. The highest BCUT2D eigenvalue weighted by Gasteiger charge is 2.18. The minimum atomic E-state index is -0.605. The number of aliphatic hydroxyl groups excluding tert-OH is 1. The van der Waals surface area contributed by atoms with E-state index in [1.54, 1.807) is 13.8 Å². The number of nitrogens with zero attached hydrogens (tertiary/aromatic N) is 2. The van der Waals surface area contributed by atoms with E-state index in [2.05, 4.69) is 4.98 Å². The van der Waals surface area contributed by atoms with Gasteiger partial charge in [0.1, 0.15) is 4.98 Å². The van der Waals surface area contributed by atoms with Crippen molar-refractivity contribution in [1.82, 2.24) is 0 Å². The fourth-order valence-electron chi connectivity index (χ4n) is 0.249. The third-order valence-corrected chi connectivity index (χ3v) is 0.894. The molecule has 0 heterocycles. The molecule has 52 valence electrons. The zero-order valence-corrected chi connectivity index (χ0v) is 5.66. The molecule has 0 radical (unpaired) electrons. The Bertz CT molecular complexity index is 117. The summed E-state index contributed by atoms with van der Waals surface area (Å²) in [7, 11) is 0. The van der Waals surface area contributed by atoms with E-state index in [4.69, 9.17) is 15.2 Å². The van der Waals surface area contributed by atoms with E-state index in [-0.39, 0.29) is 13.3 Å². The van der Waals surface area contributed by atoms with Crippen LogP contribution in [-0.2, 0) is 4.74 Å². The second-order valence-corrected chi connectivity index (χ2v) is 2.33. The lowest BCUT2D eigenvalue weighted by Crippen LogP contribution is -2.28. The average Bonchev–Trinajstić information content (AvgIpc) is 1.84. The first-order valence-corrected chi connectivity index (χ1v) is 2.68. The normalized spacial score (nSPS) is 10.9. The number of hydrogen-bond donors (Lipinski definition) is 1. The van der Waals surface area contributed by atoms with Crippen molar-refractivity contribution in [2.45, 2.75) is 19.4 Å². The second-order valence-electron chi connectivity index (χ2n) is 2.33. The Morgan fingerprint density at radius 3 is 2.56 bits per heavy atom. The molecule has 0 aliphatic heterocycles. The smallest absolute Gasteiger partial charge is 0.393 e. The van der Waals surface area contributed by atoms with E-state index in [0.717, 1.165) is 0 Å². The lowest BCUT2D eigenvalue weighted by atomic mass is 10.2. The Hall–Kier alpha value is -0.660. The minimum absolute atomic E-state index is 0.0808. The SMILES string of the molecule is CC(C)(CO)OC[N+]#N. The summed E-state index contributed by atoms with van der Waals surface area (Å²) < 4.78 is 4.86. The maximum Gasteiger partial charge on any atom is 0.411 e. The molecule has 1 N–H and O–H groups in total. The summed E-state index contributed by atoms with van der Waals surface area (Å²) in [6.07, 6.45) is 0. The molecule has 0 spiro atoms.